The second-order valence-corrected chi connectivity index (χ2v) is 8.88. The summed E-state index contributed by atoms with van der Waals surface area (Å²) in [5, 5.41) is 18.4. The predicted molar refractivity (Wildman–Crippen MR) is 129 cm³/mol. The van der Waals surface area contributed by atoms with Crippen molar-refractivity contribution in [2.45, 2.75) is 32.9 Å². The molecule has 0 radical (unpaired) electrons. The molecule has 4 aromatic rings. The van der Waals surface area contributed by atoms with Crippen molar-refractivity contribution >= 4 is 17.5 Å². The van der Waals surface area contributed by atoms with Crippen LogP contribution in [0.4, 0.5) is 0 Å². The van der Waals surface area contributed by atoms with Gasteiger partial charge in [0.05, 0.1) is 6.04 Å². The van der Waals surface area contributed by atoms with Crippen molar-refractivity contribution < 1.29 is 9.90 Å². The number of phenols is 1. The summed E-state index contributed by atoms with van der Waals surface area (Å²) in [6.45, 7) is 4.62. The second-order valence-electron chi connectivity index (χ2n) is 8.44. The number of nitrogens with zero attached hydrogens (tertiary/aromatic N) is 2. The second kappa shape index (κ2) is 8.41. The number of halogens is 1. The molecule has 1 aromatic heterocycles. The van der Waals surface area contributed by atoms with Crippen LogP contribution < -0.4 is 0 Å². The van der Waals surface area contributed by atoms with Crippen LogP contribution in [0, 0.1) is 6.92 Å². The van der Waals surface area contributed by atoms with Gasteiger partial charge in [0.15, 0.2) is 0 Å². The minimum atomic E-state index is -0.341. The Balaban J connectivity index is 1.65. The Hall–Kier alpha value is -3.57. The number of fused-ring (bicyclic) bond motifs is 1. The summed E-state index contributed by atoms with van der Waals surface area (Å²) in [7, 11) is 0. The van der Waals surface area contributed by atoms with Crippen LogP contribution >= 0.6 is 11.6 Å². The number of aryl methyl sites for hydroxylation is 2. The van der Waals surface area contributed by atoms with Gasteiger partial charge in [0.2, 0.25) is 0 Å². The van der Waals surface area contributed by atoms with Crippen molar-refractivity contribution in [2.24, 2.45) is 0 Å². The topological polar surface area (TPSA) is 69.2 Å². The molecule has 1 aliphatic rings. The number of hydrogen-bond donors (Lipinski definition) is 2. The molecule has 1 aliphatic heterocycles. The molecule has 5 rings (SSSR count). The Kier molecular flexibility index (Phi) is 5.43. The maximum absolute atomic E-state index is 13.5. The van der Waals surface area contributed by atoms with Gasteiger partial charge >= 0.3 is 0 Å². The highest BCUT2D eigenvalue weighted by atomic mass is 35.5. The molecule has 5 nitrogen and oxygen atoms in total. The van der Waals surface area contributed by atoms with Gasteiger partial charge in [0, 0.05) is 22.7 Å². The molecule has 3 aromatic carbocycles. The summed E-state index contributed by atoms with van der Waals surface area (Å²) in [4.78, 5) is 15.4. The highest BCUT2D eigenvalue weighted by Gasteiger charge is 2.42. The van der Waals surface area contributed by atoms with Gasteiger partial charge in [0.1, 0.15) is 17.1 Å². The molecule has 33 heavy (non-hydrogen) atoms. The number of aromatic nitrogens is 2. The van der Waals surface area contributed by atoms with Crippen LogP contribution in [0.5, 0.6) is 5.75 Å². The van der Waals surface area contributed by atoms with E-state index >= 15 is 0 Å². The van der Waals surface area contributed by atoms with Gasteiger partial charge in [-0.15, -0.1) is 0 Å². The van der Waals surface area contributed by atoms with Crippen molar-refractivity contribution in [3.63, 3.8) is 0 Å². The van der Waals surface area contributed by atoms with E-state index < -0.39 is 0 Å². The fraction of sp³-hybridized carbons (Fsp3) is 0.185. The number of carbonyl (C=O) groups is 1. The quantitative estimate of drug-likeness (QED) is 0.383. The zero-order valence-corrected chi connectivity index (χ0v) is 19.2. The van der Waals surface area contributed by atoms with Crippen molar-refractivity contribution in [2.75, 3.05) is 0 Å². The first-order valence-electron chi connectivity index (χ1n) is 11.0. The number of carbonyl (C=O) groups excluding carboxylic acids is 1. The summed E-state index contributed by atoms with van der Waals surface area (Å²) in [5.74, 6) is -0.0476. The van der Waals surface area contributed by atoms with E-state index in [1.807, 2.05) is 11.8 Å². The standard InChI is InChI=1S/C27H24ClN3O2/c1-3-17-8-10-19(11-9-17)26-23-24(21-14-20(28)12-13-22(21)32)29-30-25(23)27(33)31(26)15-18-6-4-16(2)5-7-18/h4-14,26,32H,3,15H2,1-2H3,(H,29,30). The maximum atomic E-state index is 13.5. The third kappa shape index (κ3) is 3.79. The number of H-pyrrole nitrogens is 1. The zero-order chi connectivity index (χ0) is 23.1. The number of aromatic amines is 1. The molecule has 0 spiro atoms. The number of benzene rings is 3. The predicted octanol–water partition coefficient (Wildman–Crippen LogP) is 6.05. The molecule has 6 heteroatoms. The molecular weight excluding hydrogens is 434 g/mol. The van der Waals surface area contributed by atoms with Gasteiger partial charge in [-0.3, -0.25) is 9.89 Å². The van der Waals surface area contributed by atoms with Gasteiger partial charge in [-0.1, -0.05) is 72.6 Å². The first-order valence-corrected chi connectivity index (χ1v) is 11.4. The van der Waals surface area contributed by atoms with Crippen LogP contribution in [0.15, 0.2) is 66.7 Å². The minimum absolute atomic E-state index is 0.0678. The molecule has 0 saturated carbocycles. The average Bonchev–Trinajstić information content (AvgIpc) is 3.36. The lowest BCUT2D eigenvalue weighted by Gasteiger charge is -2.27. The van der Waals surface area contributed by atoms with Crippen molar-refractivity contribution in [3.8, 4) is 17.0 Å². The molecule has 2 N–H and O–H groups in total. The van der Waals surface area contributed by atoms with Gasteiger partial charge < -0.3 is 10.0 Å². The van der Waals surface area contributed by atoms with Crippen LogP contribution in [-0.4, -0.2) is 26.1 Å². The first-order chi connectivity index (χ1) is 16.0. The highest BCUT2D eigenvalue weighted by Crippen LogP contribution is 2.45. The van der Waals surface area contributed by atoms with Crippen molar-refractivity contribution in [1.82, 2.24) is 15.1 Å². The fourth-order valence-electron chi connectivity index (χ4n) is 4.44. The molecular formula is C27H24ClN3O2. The highest BCUT2D eigenvalue weighted by molar-refractivity contribution is 6.31. The van der Waals surface area contributed by atoms with Crippen LogP contribution in [-0.2, 0) is 13.0 Å². The Labute approximate surface area is 197 Å². The SMILES string of the molecule is CCc1ccc(C2c3c(-c4cc(Cl)ccc4O)n[nH]c3C(=O)N2Cc2ccc(C)cc2)cc1. The fourth-order valence-corrected chi connectivity index (χ4v) is 4.61. The van der Waals surface area contributed by atoms with Crippen LogP contribution in [0.25, 0.3) is 11.3 Å². The number of hydrogen-bond acceptors (Lipinski definition) is 3. The van der Waals surface area contributed by atoms with Gasteiger partial charge in [-0.2, -0.15) is 5.10 Å². The first kappa shape index (κ1) is 21.3. The zero-order valence-electron chi connectivity index (χ0n) is 18.5. The summed E-state index contributed by atoms with van der Waals surface area (Å²) in [6, 6.07) is 21.1. The molecule has 166 valence electrons. The number of amides is 1. The molecule has 1 atom stereocenters. The van der Waals surface area contributed by atoms with E-state index in [2.05, 4.69) is 65.7 Å². The Bertz CT molecular complexity index is 1330. The summed E-state index contributed by atoms with van der Waals surface area (Å²) in [5.41, 5.74) is 6.69. The average molecular weight is 458 g/mol. The molecule has 1 amide bonds. The van der Waals surface area contributed by atoms with E-state index in [0.717, 1.165) is 23.1 Å². The van der Waals surface area contributed by atoms with Gasteiger partial charge in [0.25, 0.3) is 5.91 Å². The Morgan fingerprint density at radius 1 is 1.03 bits per heavy atom. The van der Waals surface area contributed by atoms with E-state index in [-0.39, 0.29) is 17.7 Å². The molecule has 1 unspecified atom stereocenters. The molecule has 2 heterocycles. The summed E-state index contributed by atoms with van der Waals surface area (Å²) in [6.07, 6.45) is 0.940. The lowest BCUT2D eigenvalue weighted by molar-refractivity contribution is 0.0730. The van der Waals surface area contributed by atoms with Crippen LogP contribution in [0.1, 0.15) is 51.3 Å². The number of phenolic OH excluding ortho intramolecular Hbond substituents is 1. The number of nitrogens with one attached hydrogen (secondary N) is 1. The lowest BCUT2D eigenvalue weighted by Crippen LogP contribution is -2.29. The summed E-state index contributed by atoms with van der Waals surface area (Å²) < 4.78 is 0. The van der Waals surface area contributed by atoms with E-state index in [1.54, 1.807) is 18.2 Å². The molecule has 0 aliphatic carbocycles. The number of rotatable bonds is 5. The van der Waals surface area contributed by atoms with Gasteiger partial charge in [-0.25, -0.2) is 0 Å². The third-order valence-electron chi connectivity index (χ3n) is 6.25. The van der Waals surface area contributed by atoms with Crippen LogP contribution in [0.2, 0.25) is 5.02 Å². The normalized spacial score (nSPS) is 15.2. The third-order valence-corrected chi connectivity index (χ3v) is 6.49. The molecule has 0 bridgehead atoms. The van der Waals surface area contributed by atoms with Crippen molar-refractivity contribution in [3.05, 3.63) is 105 Å². The summed E-state index contributed by atoms with van der Waals surface area (Å²) >= 11 is 6.22. The largest absolute Gasteiger partial charge is 0.507 e. The molecule has 0 saturated heterocycles. The van der Waals surface area contributed by atoms with E-state index in [1.165, 1.54) is 11.1 Å². The Morgan fingerprint density at radius 3 is 2.42 bits per heavy atom. The van der Waals surface area contributed by atoms with Crippen LogP contribution in [0.3, 0.4) is 0 Å². The van der Waals surface area contributed by atoms with E-state index in [9.17, 15) is 9.90 Å². The van der Waals surface area contributed by atoms with E-state index in [4.69, 9.17) is 11.6 Å². The van der Waals surface area contributed by atoms with Crippen molar-refractivity contribution in [1.29, 1.82) is 0 Å². The lowest BCUT2D eigenvalue weighted by atomic mass is 9.94. The van der Waals surface area contributed by atoms with E-state index in [0.29, 0.717) is 28.5 Å². The minimum Gasteiger partial charge on any atom is -0.507 e. The van der Waals surface area contributed by atoms with Gasteiger partial charge in [-0.05, 0) is 48.2 Å². The molecule has 0 fully saturated rings. The monoisotopic (exact) mass is 457 g/mol. The Morgan fingerprint density at radius 2 is 1.73 bits per heavy atom. The number of aromatic hydroxyl groups is 1. The maximum Gasteiger partial charge on any atom is 0.273 e. The smallest absolute Gasteiger partial charge is 0.273 e.